The van der Waals surface area contributed by atoms with Gasteiger partial charge in [0.1, 0.15) is 5.75 Å². The van der Waals surface area contributed by atoms with Crippen LogP contribution in [0.4, 0.5) is 11.9 Å². The number of fused-ring (bicyclic) bond motifs is 1. The second-order valence-corrected chi connectivity index (χ2v) is 6.45. The largest absolute Gasteiger partial charge is 0.497 e. The van der Waals surface area contributed by atoms with Gasteiger partial charge in [-0.15, -0.1) is 5.10 Å². The molecule has 4 rings (SSSR count). The van der Waals surface area contributed by atoms with Crippen LogP contribution in [-0.4, -0.2) is 21.9 Å². The van der Waals surface area contributed by atoms with Crippen molar-refractivity contribution >= 4 is 23.5 Å². The van der Waals surface area contributed by atoms with Crippen molar-refractivity contribution in [2.45, 2.75) is 18.5 Å². The molecule has 2 aromatic carbocycles. The van der Waals surface area contributed by atoms with Gasteiger partial charge in [0.05, 0.1) is 19.2 Å². The highest BCUT2D eigenvalue weighted by Gasteiger charge is 2.30. The van der Waals surface area contributed by atoms with E-state index < -0.39 is 0 Å². The van der Waals surface area contributed by atoms with E-state index in [4.69, 9.17) is 22.1 Å². The summed E-state index contributed by atoms with van der Waals surface area (Å²) in [7, 11) is 1.66. The van der Waals surface area contributed by atoms with Crippen molar-refractivity contribution in [3.05, 3.63) is 64.7 Å². The molecule has 1 aromatic heterocycles. The van der Waals surface area contributed by atoms with E-state index in [9.17, 15) is 0 Å². The molecule has 25 heavy (non-hydrogen) atoms. The van der Waals surface area contributed by atoms with Gasteiger partial charge in [-0.05, 0) is 41.8 Å². The summed E-state index contributed by atoms with van der Waals surface area (Å²) in [5.41, 5.74) is 8.10. The van der Waals surface area contributed by atoms with Gasteiger partial charge in [-0.1, -0.05) is 35.9 Å². The molecule has 0 unspecified atom stereocenters. The lowest BCUT2D eigenvalue weighted by molar-refractivity contribution is 0.413. The third-order valence-corrected chi connectivity index (χ3v) is 4.73. The average Bonchev–Trinajstić information content (AvgIpc) is 3.02. The molecule has 0 aliphatic carbocycles. The van der Waals surface area contributed by atoms with Gasteiger partial charge in [0, 0.05) is 5.02 Å². The number of nitrogens with two attached hydrogens (primary N) is 1. The molecule has 2 heterocycles. The number of hydrogen-bond acceptors (Lipinski definition) is 5. The molecule has 0 saturated heterocycles. The summed E-state index contributed by atoms with van der Waals surface area (Å²) in [6.45, 7) is 0. The van der Waals surface area contributed by atoms with Crippen molar-refractivity contribution in [2.24, 2.45) is 0 Å². The summed E-state index contributed by atoms with van der Waals surface area (Å²) in [6, 6.07) is 16.0. The van der Waals surface area contributed by atoms with Crippen LogP contribution in [0.2, 0.25) is 5.02 Å². The third kappa shape index (κ3) is 3.00. The molecule has 0 fully saturated rings. The van der Waals surface area contributed by atoms with Crippen LogP contribution >= 0.6 is 11.6 Å². The van der Waals surface area contributed by atoms with E-state index in [2.05, 4.69) is 27.5 Å². The van der Waals surface area contributed by atoms with Crippen LogP contribution in [0.25, 0.3) is 0 Å². The van der Waals surface area contributed by atoms with E-state index in [-0.39, 0.29) is 18.0 Å². The van der Waals surface area contributed by atoms with E-state index in [1.54, 1.807) is 7.11 Å². The molecule has 0 amide bonds. The van der Waals surface area contributed by atoms with Gasteiger partial charge in [0.25, 0.3) is 0 Å². The highest BCUT2D eigenvalue weighted by molar-refractivity contribution is 6.30. The predicted octanol–water partition coefficient (Wildman–Crippen LogP) is 3.67. The van der Waals surface area contributed by atoms with E-state index in [1.807, 2.05) is 41.1 Å². The zero-order valence-corrected chi connectivity index (χ0v) is 14.4. The summed E-state index contributed by atoms with van der Waals surface area (Å²) in [5.74, 6) is 1.77. The number of nitrogens with one attached hydrogen (secondary N) is 1. The Kier molecular flexibility index (Phi) is 3.97. The summed E-state index contributed by atoms with van der Waals surface area (Å²) >= 11 is 6.03. The van der Waals surface area contributed by atoms with Gasteiger partial charge < -0.3 is 15.8 Å². The van der Waals surface area contributed by atoms with Crippen molar-refractivity contribution in [3.63, 3.8) is 0 Å². The number of anilines is 2. The molecule has 0 bridgehead atoms. The monoisotopic (exact) mass is 355 g/mol. The van der Waals surface area contributed by atoms with Gasteiger partial charge in [-0.2, -0.15) is 4.98 Å². The summed E-state index contributed by atoms with van der Waals surface area (Å²) < 4.78 is 7.09. The Bertz CT molecular complexity index is 875. The zero-order chi connectivity index (χ0) is 17.4. The Hall–Kier alpha value is -2.73. The fraction of sp³-hybridized carbons (Fsp3) is 0.222. The minimum Gasteiger partial charge on any atom is -0.497 e. The number of aromatic nitrogens is 3. The van der Waals surface area contributed by atoms with Crippen molar-refractivity contribution < 1.29 is 4.74 Å². The number of rotatable bonds is 3. The normalized spacial score (nSPS) is 19.1. The highest BCUT2D eigenvalue weighted by atomic mass is 35.5. The van der Waals surface area contributed by atoms with Crippen LogP contribution in [0.5, 0.6) is 5.75 Å². The van der Waals surface area contributed by atoms with Gasteiger partial charge in [0.2, 0.25) is 11.9 Å². The first-order valence-electron chi connectivity index (χ1n) is 8.02. The lowest BCUT2D eigenvalue weighted by Crippen LogP contribution is -2.28. The lowest BCUT2D eigenvalue weighted by Gasteiger charge is -2.31. The van der Waals surface area contributed by atoms with Crippen LogP contribution in [0.15, 0.2) is 48.5 Å². The maximum atomic E-state index is 6.03. The Balaban J connectivity index is 1.71. The molecule has 1 aliphatic heterocycles. The molecule has 3 N–H and O–H groups in total. The van der Waals surface area contributed by atoms with Crippen LogP contribution < -0.4 is 15.8 Å². The minimum absolute atomic E-state index is 0.0328. The summed E-state index contributed by atoms with van der Waals surface area (Å²) in [5, 5.41) is 8.49. The number of hydrogen-bond donors (Lipinski definition) is 2. The quantitative estimate of drug-likeness (QED) is 0.749. The number of halogens is 1. The first-order chi connectivity index (χ1) is 12.1. The maximum Gasteiger partial charge on any atom is 0.241 e. The number of nitrogens with zero attached hydrogens (tertiary/aromatic N) is 3. The van der Waals surface area contributed by atoms with E-state index in [1.165, 1.54) is 0 Å². The smallest absolute Gasteiger partial charge is 0.241 e. The molecule has 128 valence electrons. The highest BCUT2D eigenvalue weighted by Crippen LogP contribution is 2.38. The molecule has 0 saturated carbocycles. The van der Waals surface area contributed by atoms with E-state index >= 15 is 0 Å². The number of nitrogen functional groups attached to an aromatic ring is 1. The summed E-state index contributed by atoms with van der Waals surface area (Å²) in [4.78, 5) is 4.32. The fourth-order valence-corrected chi connectivity index (χ4v) is 3.34. The molecule has 6 nitrogen and oxygen atoms in total. The SMILES string of the molecule is COc1ccc([C@@H]2C[C@H](c3ccc(Cl)cc3)n3nc(N)nc3N2)cc1. The summed E-state index contributed by atoms with van der Waals surface area (Å²) in [6.07, 6.45) is 0.823. The van der Waals surface area contributed by atoms with Gasteiger partial charge in [-0.3, -0.25) is 0 Å². The van der Waals surface area contributed by atoms with Crippen LogP contribution in [0.1, 0.15) is 29.6 Å². The molecule has 3 aromatic rings. The zero-order valence-electron chi connectivity index (χ0n) is 13.7. The molecule has 0 spiro atoms. The van der Waals surface area contributed by atoms with Crippen LogP contribution in [0.3, 0.4) is 0 Å². The molecule has 2 atom stereocenters. The molecule has 7 heteroatoms. The lowest BCUT2D eigenvalue weighted by atomic mass is 9.93. The van der Waals surface area contributed by atoms with Gasteiger partial charge in [0.15, 0.2) is 0 Å². The Morgan fingerprint density at radius 2 is 1.80 bits per heavy atom. The van der Waals surface area contributed by atoms with Gasteiger partial charge >= 0.3 is 0 Å². The Morgan fingerprint density at radius 1 is 1.12 bits per heavy atom. The number of benzene rings is 2. The predicted molar refractivity (Wildman–Crippen MR) is 98.0 cm³/mol. The average molecular weight is 356 g/mol. The Labute approximate surface area is 150 Å². The molecular weight excluding hydrogens is 338 g/mol. The molecule has 0 radical (unpaired) electrons. The minimum atomic E-state index is 0.0328. The first kappa shape index (κ1) is 15.8. The van der Waals surface area contributed by atoms with Crippen molar-refractivity contribution in [2.75, 3.05) is 18.2 Å². The molecule has 1 aliphatic rings. The van der Waals surface area contributed by atoms with Crippen LogP contribution in [-0.2, 0) is 0 Å². The number of methoxy groups -OCH3 is 1. The standard InChI is InChI=1S/C18H18ClN5O/c1-25-14-8-4-11(5-9-14)15-10-16(12-2-6-13(19)7-3-12)24-18(21-15)22-17(20)23-24/h2-9,15-16H,10H2,1H3,(H3,20,21,22,23)/t15-,16+/m0/s1. The van der Waals surface area contributed by atoms with E-state index in [0.29, 0.717) is 11.0 Å². The first-order valence-corrected chi connectivity index (χ1v) is 8.40. The second kappa shape index (κ2) is 6.29. The van der Waals surface area contributed by atoms with Crippen molar-refractivity contribution in [1.29, 1.82) is 0 Å². The number of ether oxygens (including phenoxy) is 1. The third-order valence-electron chi connectivity index (χ3n) is 4.48. The van der Waals surface area contributed by atoms with Gasteiger partial charge in [-0.25, -0.2) is 4.68 Å². The van der Waals surface area contributed by atoms with Crippen molar-refractivity contribution in [1.82, 2.24) is 14.8 Å². The molecular formula is C18H18ClN5O. The maximum absolute atomic E-state index is 6.03. The van der Waals surface area contributed by atoms with Crippen LogP contribution in [0, 0.1) is 0 Å². The van der Waals surface area contributed by atoms with Crippen molar-refractivity contribution in [3.8, 4) is 5.75 Å². The topological polar surface area (TPSA) is 78.0 Å². The fourth-order valence-electron chi connectivity index (χ4n) is 3.21. The second-order valence-electron chi connectivity index (χ2n) is 6.01. The Morgan fingerprint density at radius 3 is 2.48 bits per heavy atom. The van der Waals surface area contributed by atoms with E-state index in [0.717, 1.165) is 23.3 Å².